The van der Waals surface area contributed by atoms with Crippen LogP contribution in [0.3, 0.4) is 0 Å². The molecule has 0 bridgehead atoms. The Labute approximate surface area is 61.2 Å². The smallest absolute Gasteiger partial charge is 0.0218 e. The molecule has 0 nitrogen and oxygen atoms in total. The molecular formula is C8H10Cl. The lowest BCUT2D eigenvalue weighted by atomic mass is 10.1. The Bertz CT molecular complexity index is 154. The van der Waals surface area contributed by atoms with E-state index in [-0.39, 0.29) is 0 Å². The maximum absolute atomic E-state index is 5.88. The second-order valence-electron chi connectivity index (χ2n) is 2.08. The standard InChI is InChI=1S/C8H10Cl/c1-2-7-5-3-4-6-8(7)9/h3-5H,2,6H2,1H3. The van der Waals surface area contributed by atoms with Crippen LogP contribution in [-0.4, -0.2) is 0 Å². The third-order valence-corrected chi connectivity index (χ3v) is 1.86. The van der Waals surface area contributed by atoms with Crippen LogP contribution in [0.1, 0.15) is 19.8 Å². The molecule has 0 aromatic carbocycles. The highest BCUT2D eigenvalue weighted by molar-refractivity contribution is 6.30. The van der Waals surface area contributed by atoms with E-state index in [2.05, 4.69) is 25.5 Å². The van der Waals surface area contributed by atoms with Crippen LogP contribution in [0.15, 0.2) is 22.8 Å². The van der Waals surface area contributed by atoms with E-state index in [1.807, 2.05) is 0 Å². The summed E-state index contributed by atoms with van der Waals surface area (Å²) in [7, 11) is 0. The van der Waals surface area contributed by atoms with Crippen molar-refractivity contribution in [1.29, 1.82) is 0 Å². The summed E-state index contributed by atoms with van der Waals surface area (Å²) < 4.78 is 0. The lowest BCUT2D eigenvalue weighted by molar-refractivity contribution is 1.07. The highest BCUT2D eigenvalue weighted by Gasteiger charge is 2.02. The van der Waals surface area contributed by atoms with Crippen LogP contribution in [0.25, 0.3) is 0 Å². The van der Waals surface area contributed by atoms with Crippen molar-refractivity contribution in [1.82, 2.24) is 0 Å². The van der Waals surface area contributed by atoms with Gasteiger partial charge in [0.1, 0.15) is 0 Å². The molecule has 0 aliphatic heterocycles. The average Bonchev–Trinajstić information content (AvgIpc) is 1.89. The first-order chi connectivity index (χ1) is 4.34. The molecule has 1 aliphatic carbocycles. The van der Waals surface area contributed by atoms with Gasteiger partial charge in [-0.15, -0.1) is 0 Å². The van der Waals surface area contributed by atoms with Gasteiger partial charge in [-0.2, -0.15) is 0 Å². The van der Waals surface area contributed by atoms with Crippen LogP contribution in [0.4, 0.5) is 0 Å². The lowest BCUT2D eigenvalue weighted by Crippen LogP contribution is -1.87. The molecule has 0 N–H and O–H groups in total. The molecule has 1 heteroatoms. The monoisotopic (exact) mass is 141 g/mol. The zero-order chi connectivity index (χ0) is 6.69. The summed E-state index contributed by atoms with van der Waals surface area (Å²) in [6, 6.07) is 0. The Morgan fingerprint density at radius 2 is 2.44 bits per heavy atom. The van der Waals surface area contributed by atoms with E-state index in [1.165, 1.54) is 5.57 Å². The third kappa shape index (κ3) is 1.59. The molecule has 0 atom stereocenters. The summed E-state index contributed by atoms with van der Waals surface area (Å²) in [4.78, 5) is 0. The molecule has 49 valence electrons. The number of halogens is 1. The van der Waals surface area contributed by atoms with Crippen molar-refractivity contribution in [3.05, 3.63) is 29.2 Å². The summed E-state index contributed by atoms with van der Waals surface area (Å²) in [5.74, 6) is 0. The molecular weight excluding hydrogens is 132 g/mol. The largest absolute Gasteiger partial charge is 0.0888 e. The van der Waals surface area contributed by atoms with E-state index >= 15 is 0 Å². The van der Waals surface area contributed by atoms with Gasteiger partial charge in [0.05, 0.1) is 0 Å². The van der Waals surface area contributed by atoms with Crippen molar-refractivity contribution in [3.63, 3.8) is 0 Å². The number of hydrogen-bond acceptors (Lipinski definition) is 0. The van der Waals surface area contributed by atoms with Gasteiger partial charge >= 0.3 is 0 Å². The SMILES string of the molecule is CCC1=C(Cl)C[CH]C=C1. The molecule has 0 aromatic heterocycles. The fraction of sp³-hybridized carbons (Fsp3) is 0.375. The zero-order valence-electron chi connectivity index (χ0n) is 5.52. The number of rotatable bonds is 1. The van der Waals surface area contributed by atoms with Gasteiger partial charge in [-0.3, -0.25) is 0 Å². The van der Waals surface area contributed by atoms with Crippen LogP contribution in [0.2, 0.25) is 0 Å². The molecule has 9 heavy (non-hydrogen) atoms. The van der Waals surface area contributed by atoms with Gasteiger partial charge in [0.15, 0.2) is 0 Å². The first-order valence-corrected chi connectivity index (χ1v) is 3.59. The Balaban J connectivity index is 2.72. The Hall–Kier alpha value is -0.230. The first-order valence-electron chi connectivity index (χ1n) is 3.22. The summed E-state index contributed by atoms with van der Waals surface area (Å²) in [5.41, 5.74) is 1.28. The first kappa shape index (κ1) is 6.88. The van der Waals surface area contributed by atoms with E-state index in [4.69, 9.17) is 11.6 Å². The lowest BCUT2D eigenvalue weighted by Gasteiger charge is -2.06. The van der Waals surface area contributed by atoms with Crippen LogP contribution >= 0.6 is 11.6 Å². The van der Waals surface area contributed by atoms with Crippen LogP contribution in [-0.2, 0) is 0 Å². The van der Waals surface area contributed by atoms with Gasteiger partial charge in [-0.05, 0) is 24.8 Å². The van der Waals surface area contributed by atoms with E-state index in [9.17, 15) is 0 Å². The van der Waals surface area contributed by atoms with Crippen molar-refractivity contribution < 1.29 is 0 Å². The summed E-state index contributed by atoms with van der Waals surface area (Å²) >= 11 is 5.88. The fourth-order valence-corrected chi connectivity index (χ4v) is 1.17. The van der Waals surface area contributed by atoms with Crippen molar-refractivity contribution >= 4 is 11.6 Å². The van der Waals surface area contributed by atoms with Crippen LogP contribution in [0.5, 0.6) is 0 Å². The van der Waals surface area contributed by atoms with Crippen molar-refractivity contribution in [2.45, 2.75) is 19.8 Å². The minimum absolute atomic E-state index is 0.918. The van der Waals surface area contributed by atoms with Gasteiger partial charge in [0, 0.05) is 5.03 Å². The molecule has 1 rings (SSSR count). The van der Waals surface area contributed by atoms with Crippen LogP contribution < -0.4 is 0 Å². The fourth-order valence-electron chi connectivity index (χ4n) is 0.887. The minimum atomic E-state index is 0.918. The Morgan fingerprint density at radius 3 is 2.89 bits per heavy atom. The van der Waals surface area contributed by atoms with Crippen molar-refractivity contribution in [2.24, 2.45) is 0 Å². The number of hydrogen-bond donors (Lipinski definition) is 0. The highest BCUT2D eigenvalue weighted by atomic mass is 35.5. The minimum Gasteiger partial charge on any atom is -0.0888 e. The van der Waals surface area contributed by atoms with Crippen molar-refractivity contribution in [3.8, 4) is 0 Å². The van der Waals surface area contributed by atoms with E-state index in [0.29, 0.717) is 0 Å². The van der Waals surface area contributed by atoms with E-state index < -0.39 is 0 Å². The quantitative estimate of drug-likeness (QED) is 0.527. The topological polar surface area (TPSA) is 0 Å². The van der Waals surface area contributed by atoms with Gasteiger partial charge in [-0.25, -0.2) is 0 Å². The maximum Gasteiger partial charge on any atom is 0.0218 e. The molecule has 0 spiro atoms. The molecule has 0 fully saturated rings. The molecule has 0 heterocycles. The average molecular weight is 142 g/mol. The number of allylic oxidation sites excluding steroid dienone is 4. The molecule has 0 unspecified atom stereocenters. The van der Waals surface area contributed by atoms with E-state index in [0.717, 1.165) is 17.9 Å². The molecule has 0 aromatic rings. The zero-order valence-corrected chi connectivity index (χ0v) is 6.28. The summed E-state index contributed by atoms with van der Waals surface area (Å²) in [6.07, 6.45) is 8.17. The second kappa shape index (κ2) is 3.07. The van der Waals surface area contributed by atoms with Gasteiger partial charge in [-0.1, -0.05) is 30.7 Å². The molecule has 0 saturated carbocycles. The summed E-state index contributed by atoms with van der Waals surface area (Å²) in [5, 5.41) is 1.00. The second-order valence-corrected chi connectivity index (χ2v) is 2.54. The van der Waals surface area contributed by atoms with Gasteiger partial charge in [0.25, 0.3) is 0 Å². The highest BCUT2D eigenvalue weighted by Crippen LogP contribution is 2.23. The predicted molar refractivity (Wildman–Crippen MR) is 41.2 cm³/mol. The third-order valence-electron chi connectivity index (χ3n) is 1.46. The molecule has 1 aliphatic rings. The molecule has 1 radical (unpaired) electrons. The Kier molecular flexibility index (Phi) is 2.35. The maximum atomic E-state index is 5.88. The van der Waals surface area contributed by atoms with Crippen LogP contribution in [0, 0.1) is 6.42 Å². The Morgan fingerprint density at radius 1 is 1.67 bits per heavy atom. The van der Waals surface area contributed by atoms with Gasteiger partial charge in [0.2, 0.25) is 0 Å². The normalized spacial score (nSPS) is 18.9. The summed E-state index contributed by atoms with van der Waals surface area (Å²) in [6.45, 7) is 2.12. The van der Waals surface area contributed by atoms with E-state index in [1.54, 1.807) is 0 Å². The molecule has 0 amide bonds. The van der Waals surface area contributed by atoms with Crippen molar-refractivity contribution in [2.75, 3.05) is 0 Å². The molecule has 0 saturated heterocycles. The predicted octanol–water partition coefficient (Wildman–Crippen LogP) is 3.05. The van der Waals surface area contributed by atoms with Gasteiger partial charge < -0.3 is 0 Å².